The van der Waals surface area contributed by atoms with Crippen molar-refractivity contribution in [1.82, 2.24) is 14.3 Å². The molecule has 0 bridgehead atoms. The second-order valence-electron chi connectivity index (χ2n) is 7.63. The molecule has 0 atom stereocenters. The third-order valence-electron chi connectivity index (χ3n) is 5.74. The summed E-state index contributed by atoms with van der Waals surface area (Å²) in [6, 6.07) is 22.7. The molecular formula is C25H19N3O4. The molecule has 7 nitrogen and oxygen atoms in total. The third kappa shape index (κ3) is 3.15. The van der Waals surface area contributed by atoms with Crippen LogP contribution in [0.1, 0.15) is 26.3 Å². The lowest BCUT2D eigenvalue weighted by molar-refractivity contribution is 0.0644. The van der Waals surface area contributed by atoms with Crippen molar-refractivity contribution in [1.29, 1.82) is 0 Å². The molecule has 0 N–H and O–H groups in total. The molecule has 158 valence electrons. The maximum absolute atomic E-state index is 13.3. The van der Waals surface area contributed by atoms with Crippen LogP contribution in [0.4, 0.5) is 0 Å². The van der Waals surface area contributed by atoms with Gasteiger partial charge in [0.25, 0.3) is 22.9 Å². The zero-order chi connectivity index (χ0) is 22.2. The Bertz CT molecular complexity index is 1450. The van der Waals surface area contributed by atoms with Crippen LogP contribution in [0.15, 0.2) is 88.5 Å². The van der Waals surface area contributed by atoms with Crippen molar-refractivity contribution in [3.63, 3.8) is 0 Å². The van der Waals surface area contributed by atoms with Crippen LogP contribution in [-0.4, -0.2) is 32.6 Å². The molecule has 1 aliphatic rings. The first-order chi connectivity index (χ1) is 15.6. The minimum Gasteiger partial charge on any atom is -0.272 e. The van der Waals surface area contributed by atoms with Gasteiger partial charge in [-0.1, -0.05) is 54.6 Å². The maximum Gasteiger partial charge on any atom is 0.273 e. The molecule has 2 heterocycles. The minimum atomic E-state index is -0.392. The Morgan fingerprint density at radius 2 is 1.03 bits per heavy atom. The van der Waals surface area contributed by atoms with E-state index in [0.29, 0.717) is 21.9 Å². The number of carbonyl (C=O) groups excluding carboxylic acids is 2. The van der Waals surface area contributed by atoms with Gasteiger partial charge in [-0.25, -0.2) is 9.36 Å². The zero-order valence-electron chi connectivity index (χ0n) is 17.1. The van der Waals surface area contributed by atoms with E-state index in [-0.39, 0.29) is 30.8 Å². The Morgan fingerprint density at radius 1 is 0.531 bits per heavy atom. The predicted molar refractivity (Wildman–Crippen MR) is 120 cm³/mol. The lowest BCUT2D eigenvalue weighted by Gasteiger charge is -2.20. The molecule has 0 aliphatic carbocycles. The highest BCUT2D eigenvalue weighted by Crippen LogP contribution is 2.22. The normalized spacial score (nSPS) is 13.1. The Morgan fingerprint density at radius 3 is 1.62 bits per heavy atom. The van der Waals surface area contributed by atoms with Crippen LogP contribution in [0.5, 0.6) is 0 Å². The van der Waals surface area contributed by atoms with Crippen LogP contribution < -0.4 is 11.1 Å². The number of nitrogens with zero attached hydrogens (tertiary/aromatic N) is 3. The number of aromatic nitrogens is 2. The van der Waals surface area contributed by atoms with Gasteiger partial charge in [-0.05, 0) is 29.8 Å². The molecule has 0 saturated heterocycles. The van der Waals surface area contributed by atoms with Crippen molar-refractivity contribution in [2.45, 2.75) is 13.1 Å². The monoisotopic (exact) mass is 425 g/mol. The van der Waals surface area contributed by atoms with E-state index >= 15 is 0 Å². The van der Waals surface area contributed by atoms with Crippen molar-refractivity contribution in [3.05, 3.63) is 116 Å². The Labute approximate surface area is 182 Å². The van der Waals surface area contributed by atoms with Gasteiger partial charge in [-0.2, -0.15) is 0 Å². The summed E-state index contributed by atoms with van der Waals surface area (Å²) in [5, 5.41) is 0.648. The largest absolute Gasteiger partial charge is 0.273 e. The van der Waals surface area contributed by atoms with Gasteiger partial charge in [0.2, 0.25) is 0 Å². The van der Waals surface area contributed by atoms with E-state index in [1.54, 1.807) is 48.5 Å². The first-order valence-corrected chi connectivity index (χ1v) is 10.3. The van der Waals surface area contributed by atoms with Gasteiger partial charge in [0.15, 0.2) is 0 Å². The summed E-state index contributed by atoms with van der Waals surface area (Å²) in [5.41, 5.74) is 0.924. The molecule has 2 amide bonds. The fraction of sp³-hybridized carbons (Fsp3) is 0.120. The summed E-state index contributed by atoms with van der Waals surface area (Å²) in [5.74, 6) is -0.784. The van der Waals surface area contributed by atoms with Gasteiger partial charge >= 0.3 is 0 Å². The van der Waals surface area contributed by atoms with E-state index in [0.717, 1.165) is 10.5 Å². The van der Waals surface area contributed by atoms with Gasteiger partial charge in [0.1, 0.15) is 0 Å². The molecule has 1 aromatic heterocycles. The highest BCUT2D eigenvalue weighted by Gasteiger charge is 2.34. The standard InChI is InChI=1S/C25H19N3O4/c29-22-18-10-4-5-11-19(18)23(30)26(22)14-15-27-24(31)20-12-6-7-13-21(20)25(32)28(27)16-17-8-2-1-3-9-17/h1-13H,14-16H2. The van der Waals surface area contributed by atoms with Gasteiger partial charge in [-0.15, -0.1) is 0 Å². The van der Waals surface area contributed by atoms with Crippen molar-refractivity contribution in [3.8, 4) is 0 Å². The summed E-state index contributed by atoms with van der Waals surface area (Å²) in [6.07, 6.45) is 0. The molecule has 0 saturated carbocycles. The summed E-state index contributed by atoms with van der Waals surface area (Å²) in [4.78, 5) is 53.1. The number of imide groups is 1. The van der Waals surface area contributed by atoms with Crippen LogP contribution >= 0.6 is 0 Å². The summed E-state index contributed by atoms with van der Waals surface area (Å²) in [7, 11) is 0. The Kier molecular flexibility index (Phi) is 4.78. The van der Waals surface area contributed by atoms with Crippen molar-refractivity contribution >= 4 is 22.6 Å². The molecule has 0 spiro atoms. The van der Waals surface area contributed by atoms with Crippen molar-refractivity contribution in [2.24, 2.45) is 0 Å². The third-order valence-corrected chi connectivity index (χ3v) is 5.74. The van der Waals surface area contributed by atoms with E-state index in [4.69, 9.17) is 0 Å². The number of rotatable bonds is 5. The number of hydrogen-bond donors (Lipinski definition) is 0. The van der Waals surface area contributed by atoms with E-state index in [1.165, 1.54) is 9.36 Å². The van der Waals surface area contributed by atoms with E-state index in [9.17, 15) is 19.2 Å². The zero-order valence-corrected chi connectivity index (χ0v) is 17.1. The molecule has 0 fully saturated rings. The van der Waals surface area contributed by atoms with Crippen LogP contribution in [0, 0.1) is 0 Å². The number of carbonyl (C=O) groups is 2. The highest BCUT2D eigenvalue weighted by molar-refractivity contribution is 6.21. The van der Waals surface area contributed by atoms with Crippen LogP contribution in [0.3, 0.4) is 0 Å². The molecular weight excluding hydrogens is 406 g/mol. The van der Waals surface area contributed by atoms with Crippen LogP contribution in [-0.2, 0) is 13.1 Å². The quantitative estimate of drug-likeness (QED) is 0.460. The van der Waals surface area contributed by atoms with Crippen LogP contribution in [0.25, 0.3) is 10.8 Å². The van der Waals surface area contributed by atoms with Gasteiger partial charge < -0.3 is 0 Å². The SMILES string of the molecule is O=C1c2ccccc2C(=O)N1CCn1c(=O)c2ccccc2c(=O)n1Cc1ccccc1. The summed E-state index contributed by atoms with van der Waals surface area (Å²) >= 11 is 0. The number of fused-ring (bicyclic) bond motifs is 2. The first-order valence-electron chi connectivity index (χ1n) is 10.3. The van der Waals surface area contributed by atoms with Gasteiger partial charge in [0, 0.05) is 6.54 Å². The van der Waals surface area contributed by atoms with Crippen molar-refractivity contribution < 1.29 is 9.59 Å². The fourth-order valence-electron chi connectivity index (χ4n) is 4.13. The topological polar surface area (TPSA) is 81.4 Å². The average Bonchev–Trinajstić information content (AvgIpc) is 3.07. The summed E-state index contributed by atoms with van der Waals surface area (Å²) in [6.45, 7) is 0.192. The average molecular weight is 425 g/mol. The van der Waals surface area contributed by atoms with E-state index in [2.05, 4.69) is 0 Å². The molecule has 0 radical (unpaired) electrons. The molecule has 7 heteroatoms. The molecule has 3 aromatic carbocycles. The smallest absolute Gasteiger partial charge is 0.272 e. The molecule has 4 aromatic rings. The second kappa shape index (κ2) is 7.77. The van der Waals surface area contributed by atoms with E-state index in [1.807, 2.05) is 30.3 Å². The number of hydrogen-bond acceptors (Lipinski definition) is 4. The minimum absolute atomic E-state index is 0.0111. The lowest BCUT2D eigenvalue weighted by atomic mass is 10.1. The summed E-state index contributed by atoms with van der Waals surface area (Å²) < 4.78 is 2.72. The molecule has 1 aliphatic heterocycles. The first kappa shape index (κ1) is 19.7. The second-order valence-corrected chi connectivity index (χ2v) is 7.63. The fourth-order valence-corrected chi connectivity index (χ4v) is 4.13. The Balaban J connectivity index is 1.56. The molecule has 0 unspecified atom stereocenters. The van der Waals surface area contributed by atoms with Gasteiger partial charge in [-0.3, -0.25) is 24.1 Å². The number of amides is 2. The predicted octanol–water partition coefficient (Wildman–Crippen LogP) is 2.51. The number of benzene rings is 3. The van der Waals surface area contributed by atoms with Crippen molar-refractivity contribution in [2.75, 3.05) is 6.54 Å². The Hall–Kier alpha value is -4.26. The molecule has 32 heavy (non-hydrogen) atoms. The highest BCUT2D eigenvalue weighted by atomic mass is 16.2. The lowest BCUT2D eigenvalue weighted by Crippen LogP contribution is -2.42. The maximum atomic E-state index is 13.3. The van der Waals surface area contributed by atoms with E-state index < -0.39 is 11.8 Å². The van der Waals surface area contributed by atoms with Crippen LogP contribution in [0.2, 0.25) is 0 Å². The molecule has 5 rings (SSSR count). The van der Waals surface area contributed by atoms with Gasteiger partial charge in [0.05, 0.1) is 35.0 Å².